The second kappa shape index (κ2) is 18.4. The number of ether oxygens (including phenoxy) is 3. The van der Waals surface area contributed by atoms with Gasteiger partial charge in [-0.05, 0) is 132 Å². The number of nitrogens with two attached hydrogens (primary N) is 4. The number of oxime groups is 1. The van der Waals surface area contributed by atoms with Crippen molar-refractivity contribution < 1.29 is 38.2 Å². The lowest BCUT2D eigenvalue weighted by molar-refractivity contribution is -0.188. The van der Waals surface area contributed by atoms with E-state index in [1.807, 2.05) is 13.0 Å². The van der Waals surface area contributed by atoms with Gasteiger partial charge in [-0.25, -0.2) is 19.6 Å². The van der Waals surface area contributed by atoms with Gasteiger partial charge in [-0.1, -0.05) is 5.16 Å². The number of guanidine groups is 2. The quantitative estimate of drug-likeness (QED) is 0.0696. The Morgan fingerprint density at radius 1 is 0.796 bits per heavy atom. The second-order valence-corrected chi connectivity index (χ2v) is 14.3. The number of aliphatic imine (C=N–C) groups is 2. The normalized spacial score (nSPS) is 14.7. The SMILES string of the molecule is Cc1cc(OC(=O)c2ccc(N=C(N)N)cc2)cc(C2=NOC(CC(=O)OC(C)(C)C)(C(=O)OC(C)(C)C)C2)c1.Cl.NC(N)=Nc1ccc(C(=O)Cl)cc1. The van der Waals surface area contributed by atoms with Gasteiger partial charge in [-0.15, -0.1) is 12.4 Å². The minimum absolute atomic E-state index is 0. The average molecular weight is 787 g/mol. The fourth-order valence-corrected chi connectivity index (χ4v) is 4.79. The summed E-state index contributed by atoms with van der Waals surface area (Å²) in [5.41, 5.74) is 21.3. The van der Waals surface area contributed by atoms with Crippen LogP contribution >= 0.6 is 24.0 Å². The van der Waals surface area contributed by atoms with Crippen molar-refractivity contribution in [1.29, 1.82) is 0 Å². The van der Waals surface area contributed by atoms with E-state index in [0.29, 0.717) is 33.8 Å². The van der Waals surface area contributed by atoms with Crippen molar-refractivity contribution in [3.63, 3.8) is 0 Å². The molecular formula is C37H45Cl2N7O8. The van der Waals surface area contributed by atoms with E-state index in [4.69, 9.17) is 53.6 Å². The Morgan fingerprint density at radius 3 is 1.76 bits per heavy atom. The zero-order chi connectivity index (χ0) is 39.7. The monoisotopic (exact) mass is 785 g/mol. The Morgan fingerprint density at radius 2 is 1.30 bits per heavy atom. The van der Waals surface area contributed by atoms with Crippen LogP contribution in [0.3, 0.4) is 0 Å². The van der Waals surface area contributed by atoms with E-state index in [1.54, 1.807) is 102 Å². The summed E-state index contributed by atoms with van der Waals surface area (Å²) in [7, 11) is 0. The highest BCUT2D eigenvalue weighted by Gasteiger charge is 2.52. The van der Waals surface area contributed by atoms with Crippen molar-refractivity contribution >= 4 is 76.2 Å². The molecule has 54 heavy (non-hydrogen) atoms. The third kappa shape index (κ3) is 14.0. The minimum Gasteiger partial charge on any atom is -0.460 e. The molecule has 1 heterocycles. The lowest BCUT2D eigenvalue weighted by atomic mass is 9.90. The fraction of sp³-hybridized carbons (Fsp3) is 0.324. The van der Waals surface area contributed by atoms with Gasteiger partial charge in [0.1, 0.15) is 17.0 Å². The summed E-state index contributed by atoms with van der Waals surface area (Å²) in [6.45, 7) is 12.2. The first kappa shape index (κ1) is 44.5. The maximum Gasteiger partial charge on any atom is 0.354 e. The molecule has 3 aromatic carbocycles. The van der Waals surface area contributed by atoms with Gasteiger partial charge in [0.15, 0.2) is 11.9 Å². The summed E-state index contributed by atoms with van der Waals surface area (Å²) >= 11 is 5.24. The van der Waals surface area contributed by atoms with Crippen LogP contribution in [-0.4, -0.2) is 57.6 Å². The molecular weight excluding hydrogens is 741 g/mol. The van der Waals surface area contributed by atoms with Gasteiger partial charge in [-0.3, -0.25) is 9.59 Å². The second-order valence-electron chi connectivity index (χ2n) is 13.9. The Balaban J connectivity index is 0.000000608. The third-order valence-electron chi connectivity index (χ3n) is 6.71. The first-order valence-electron chi connectivity index (χ1n) is 16.2. The Hall–Kier alpha value is -5.67. The van der Waals surface area contributed by atoms with Gasteiger partial charge >= 0.3 is 17.9 Å². The number of esters is 3. The van der Waals surface area contributed by atoms with Crippen molar-refractivity contribution in [2.24, 2.45) is 38.1 Å². The molecule has 0 amide bonds. The smallest absolute Gasteiger partial charge is 0.354 e. The van der Waals surface area contributed by atoms with Gasteiger partial charge in [0, 0.05) is 17.5 Å². The Labute approximate surface area is 324 Å². The molecule has 1 aliphatic heterocycles. The number of hydrogen-bond donors (Lipinski definition) is 4. The number of rotatable bonds is 9. The molecule has 3 aromatic rings. The van der Waals surface area contributed by atoms with Gasteiger partial charge < -0.3 is 42.0 Å². The zero-order valence-electron chi connectivity index (χ0n) is 31.0. The van der Waals surface area contributed by atoms with E-state index in [0.717, 1.165) is 5.56 Å². The van der Waals surface area contributed by atoms with Gasteiger partial charge in [0.25, 0.3) is 5.24 Å². The number of benzene rings is 3. The maximum atomic E-state index is 13.3. The Kier molecular flexibility index (Phi) is 15.1. The molecule has 17 heteroatoms. The molecule has 1 atom stereocenters. The summed E-state index contributed by atoms with van der Waals surface area (Å²) < 4.78 is 16.6. The molecule has 0 saturated carbocycles. The molecule has 0 spiro atoms. The van der Waals surface area contributed by atoms with Crippen molar-refractivity contribution in [2.45, 2.75) is 78.1 Å². The highest BCUT2D eigenvalue weighted by Crippen LogP contribution is 2.35. The number of carbonyl (C=O) groups is 4. The van der Waals surface area contributed by atoms with Crippen molar-refractivity contribution in [2.75, 3.05) is 0 Å². The molecule has 0 aliphatic carbocycles. The van der Waals surface area contributed by atoms with Gasteiger partial charge in [-0.2, -0.15) is 0 Å². The summed E-state index contributed by atoms with van der Waals surface area (Å²) in [5, 5.41) is 3.64. The van der Waals surface area contributed by atoms with Crippen LogP contribution in [0.4, 0.5) is 11.4 Å². The molecule has 0 bridgehead atoms. The summed E-state index contributed by atoms with van der Waals surface area (Å²) in [6, 6.07) is 17.7. The number of nitrogens with zero attached hydrogens (tertiary/aromatic N) is 3. The molecule has 0 radical (unpaired) electrons. The highest BCUT2D eigenvalue weighted by atomic mass is 35.5. The third-order valence-corrected chi connectivity index (χ3v) is 6.93. The minimum atomic E-state index is -1.71. The summed E-state index contributed by atoms with van der Waals surface area (Å²) in [4.78, 5) is 62.8. The summed E-state index contributed by atoms with van der Waals surface area (Å²) in [6.07, 6.45) is -0.445. The molecule has 4 rings (SSSR count). The van der Waals surface area contributed by atoms with Crippen LogP contribution in [0.25, 0.3) is 0 Å². The standard InChI is InChI=1S/C29H36N4O7.C8H8ClN3O.ClH/c1-17-12-19(14-21(13-17)37-24(35)18-8-10-20(11-9-18)32-26(30)31)22-15-29(40-33-22,25(36)39-28(5,6)7)16-23(34)38-27(2,3)4;9-7(13)5-1-3-6(4-2-5)12-8(10)11;/h8-14H,15-16H2,1-7H3,(H4,30,31,32);1-4H,(H4,10,11,12);1H. The predicted molar refractivity (Wildman–Crippen MR) is 209 cm³/mol. The van der Waals surface area contributed by atoms with Crippen LogP contribution in [0.2, 0.25) is 0 Å². The predicted octanol–water partition coefficient (Wildman–Crippen LogP) is 5.45. The van der Waals surface area contributed by atoms with E-state index >= 15 is 0 Å². The van der Waals surface area contributed by atoms with E-state index in [1.165, 1.54) is 0 Å². The van der Waals surface area contributed by atoms with Gasteiger partial charge in [0.2, 0.25) is 5.60 Å². The van der Waals surface area contributed by atoms with Gasteiger partial charge in [0.05, 0.1) is 29.1 Å². The van der Waals surface area contributed by atoms with Crippen LogP contribution in [0, 0.1) is 6.92 Å². The molecule has 0 fully saturated rings. The first-order valence-corrected chi connectivity index (χ1v) is 16.6. The topological polar surface area (TPSA) is 246 Å². The number of hydrogen-bond acceptors (Lipinski definition) is 11. The maximum absolute atomic E-state index is 13.3. The molecule has 0 aromatic heterocycles. The highest BCUT2D eigenvalue weighted by molar-refractivity contribution is 6.67. The van der Waals surface area contributed by atoms with E-state index in [-0.39, 0.29) is 36.5 Å². The molecule has 15 nitrogen and oxygen atoms in total. The van der Waals surface area contributed by atoms with E-state index < -0.39 is 46.4 Å². The van der Waals surface area contributed by atoms with Crippen LogP contribution in [0.15, 0.2) is 81.9 Å². The van der Waals surface area contributed by atoms with E-state index in [2.05, 4.69) is 15.1 Å². The number of carbonyl (C=O) groups excluding carboxylic acids is 4. The van der Waals surface area contributed by atoms with E-state index in [9.17, 15) is 19.2 Å². The fourth-order valence-electron chi connectivity index (χ4n) is 4.67. The first-order chi connectivity index (χ1) is 24.5. The zero-order valence-corrected chi connectivity index (χ0v) is 32.5. The summed E-state index contributed by atoms with van der Waals surface area (Å²) in [5.74, 6) is -1.80. The van der Waals surface area contributed by atoms with Crippen molar-refractivity contribution in [3.05, 3.63) is 89.0 Å². The number of aryl methyl sites for hydroxylation is 1. The molecule has 1 aliphatic rings. The average Bonchev–Trinajstić information content (AvgIpc) is 3.44. The van der Waals surface area contributed by atoms with Crippen LogP contribution in [-0.2, 0) is 23.9 Å². The lowest BCUT2D eigenvalue weighted by Crippen LogP contribution is -2.46. The van der Waals surface area contributed by atoms with Crippen LogP contribution in [0.5, 0.6) is 5.75 Å². The molecule has 8 N–H and O–H groups in total. The molecule has 0 saturated heterocycles. The van der Waals surface area contributed by atoms with Crippen LogP contribution in [0.1, 0.15) is 86.2 Å². The number of halogens is 2. The largest absolute Gasteiger partial charge is 0.460 e. The van der Waals surface area contributed by atoms with Crippen LogP contribution < -0.4 is 27.7 Å². The van der Waals surface area contributed by atoms with Crippen molar-refractivity contribution in [3.8, 4) is 5.75 Å². The molecule has 1 unspecified atom stereocenters. The van der Waals surface area contributed by atoms with Crippen molar-refractivity contribution in [1.82, 2.24) is 0 Å². The molecule has 290 valence electrons. The Bertz CT molecular complexity index is 1930. The lowest BCUT2D eigenvalue weighted by Gasteiger charge is -2.29.